The number of amides is 2. The van der Waals surface area contributed by atoms with E-state index in [1.54, 1.807) is 19.9 Å². The number of nitrogens with one attached hydrogen (secondary N) is 1. The SMILES string of the molecule is CCOC(=O)[C@H]1C[C@@](C)(CN)[C@@H](c2ccc3c(c2)OCO3)N1C(=O)[C@H](C)NC(=O)OCC1c2ccccc2-c2ccccc21. The zero-order valence-electron chi connectivity index (χ0n) is 25.1. The summed E-state index contributed by atoms with van der Waals surface area (Å²) in [6.07, 6.45) is -0.425. The average Bonchev–Trinajstić information content (AvgIpc) is 3.72. The molecule has 3 aromatic rings. The molecule has 6 rings (SSSR count). The van der Waals surface area contributed by atoms with Crippen LogP contribution in [0.5, 0.6) is 11.5 Å². The minimum atomic E-state index is -1.00. The number of nitrogens with zero attached hydrogens (tertiary/aromatic N) is 1. The molecule has 4 atom stereocenters. The number of hydrogen-bond acceptors (Lipinski definition) is 8. The molecule has 230 valence electrons. The van der Waals surface area contributed by atoms with Crippen LogP contribution in [0.25, 0.3) is 11.1 Å². The van der Waals surface area contributed by atoms with Gasteiger partial charge in [-0.25, -0.2) is 9.59 Å². The first kappa shape index (κ1) is 29.5. The first-order chi connectivity index (χ1) is 21.3. The number of fused-ring (bicyclic) bond motifs is 4. The normalized spacial score (nSPS) is 22.2. The second kappa shape index (κ2) is 11.8. The standard InChI is InChI=1S/C34H37N3O7/c1-4-41-32(39)27-16-34(3,18-35)30(21-13-14-28-29(15-21)44-19-43-28)37(27)31(38)20(2)36-33(40)42-17-26-24-11-7-5-9-22(24)23-10-6-8-12-25(23)26/h5-15,20,26-27,30H,4,16-19,35H2,1-3H3,(H,36,40)/t20-,27+,30+,34-/m0/s1. The van der Waals surface area contributed by atoms with Crippen LogP contribution in [0.3, 0.4) is 0 Å². The Morgan fingerprint density at radius 3 is 2.32 bits per heavy atom. The minimum Gasteiger partial charge on any atom is -0.464 e. The van der Waals surface area contributed by atoms with E-state index in [9.17, 15) is 14.4 Å². The number of nitrogens with two attached hydrogens (primary N) is 1. The summed E-state index contributed by atoms with van der Waals surface area (Å²) in [6, 6.07) is 19.1. The van der Waals surface area contributed by atoms with Crippen molar-refractivity contribution in [1.82, 2.24) is 10.2 Å². The number of carbonyl (C=O) groups is 3. The van der Waals surface area contributed by atoms with E-state index < -0.39 is 41.5 Å². The van der Waals surface area contributed by atoms with Crippen molar-refractivity contribution in [2.24, 2.45) is 11.1 Å². The van der Waals surface area contributed by atoms with Gasteiger partial charge in [-0.1, -0.05) is 61.5 Å². The second-order valence-corrected chi connectivity index (χ2v) is 11.8. The van der Waals surface area contributed by atoms with Crippen molar-refractivity contribution in [1.29, 1.82) is 0 Å². The third-order valence-electron chi connectivity index (χ3n) is 8.97. The zero-order chi connectivity index (χ0) is 31.0. The molecule has 3 N–H and O–H groups in total. The van der Waals surface area contributed by atoms with E-state index in [-0.39, 0.29) is 32.5 Å². The molecular formula is C34H37N3O7. The van der Waals surface area contributed by atoms with Crippen LogP contribution in [0.4, 0.5) is 4.79 Å². The summed E-state index contributed by atoms with van der Waals surface area (Å²) in [7, 11) is 0. The fourth-order valence-electron chi connectivity index (χ4n) is 6.83. The van der Waals surface area contributed by atoms with Crippen molar-refractivity contribution in [2.75, 3.05) is 26.6 Å². The van der Waals surface area contributed by atoms with Gasteiger partial charge >= 0.3 is 12.1 Å². The molecule has 0 radical (unpaired) electrons. The van der Waals surface area contributed by atoms with Crippen molar-refractivity contribution >= 4 is 18.0 Å². The highest BCUT2D eigenvalue weighted by molar-refractivity contribution is 5.91. The number of ether oxygens (including phenoxy) is 4. The number of hydrogen-bond donors (Lipinski definition) is 2. The second-order valence-electron chi connectivity index (χ2n) is 11.8. The number of rotatable bonds is 8. The summed E-state index contributed by atoms with van der Waals surface area (Å²) < 4.78 is 22.2. The van der Waals surface area contributed by atoms with Crippen LogP contribution in [0.15, 0.2) is 66.7 Å². The fourth-order valence-corrected chi connectivity index (χ4v) is 6.83. The van der Waals surface area contributed by atoms with Crippen molar-refractivity contribution in [3.63, 3.8) is 0 Å². The van der Waals surface area contributed by atoms with Crippen molar-refractivity contribution in [3.05, 3.63) is 83.4 Å². The van der Waals surface area contributed by atoms with Crippen LogP contribution >= 0.6 is 0 Å². The third-order valence-corrected chi connectivity index (χ3v) is 8.97. The molecule has 0 unspecified atom stereocenters. The van der Waals surface area contributed by atoms with Crippen LogP contribution in [-0.2, 0) is 19.1 Å². The van der Waals surface area contributed by atoms with E-state index in [1.807, 2.05) is 55.5 Å². The van der Waals surface area contributed by atoms with Gasteiger partial charge in [0.1, 0.15) is 18.7 Å². The molecule has 2 heterocycles. The van der Waals surface area contributed by atoms with Gasteiger partial charge in [0, 0.05) is 17.9 Å². The smallest absolute Gasteiger partial charge is 0.407 e. The van der Waals surface area contributed by atoms with Gasteiger partial charge in [-0.15, -0.1) is 0 Å². The molecule has 10 heteroatoms. The topological polar surface area (TPSA) is 129 Å². The van der Waals surface area contributed by atoms with Gasteiger partial charge in [0.15, 0.2) is 11.5 Å². The van der Waals surface area contributed by atoms with Crippen LogP contribution in [0, 0.1) is 5.41 Å². The molecule has 1 saturated heterocycles. The minimum absolute atomic E-state index is 0.104. The molecule has 3 aliphatic rings. The lowest BCUT2D eigenvalue weighted by molar-refractivity contribution is -0.154. The summed E-state index contributed by atoms with van der Waals surface area (Å²) >= 11 is 0. The Labute approximate surface area is 256 Å². The third kappa shape index (κ3) is 5.13. The van der Waals surface area contributed by atoms with Crippen molar-refractivity contribution in [2.45, 2.75) is 51.2 Å². The first-order valence-electron chi connectivity index (χ1n) is 15.0. The molecule has 0 aromatic heterocycles. The Morgan fingerprint density at radius 1 is 1.00 bits per heavy atom. The monoisotopic (exact) mass is 599 g/mol. The van der Waals surface area contributed by atoms with E-state index in [0.717, 1.165) is 27.8 Å². The van der Waals surface area contributed by atoms with Crippen LogP contribution < -0.4 is 20.5 Å². The highest BCUT2D eigenvalue weighted by Crippen LogP contribution is 2.51. The van der Waals surface area contributed by atoms with E-state index in [1.165, 1.54) is 4.90 Å². The molecule has 2 amide bonds. The number of likely N-dealkylation sites (tertiary alicyclic amines) is 1. The molecule has 0 spiro atoms. The highest BCUT2D eigenvalue weighted by Gasteiger charge is 2.55. The Hall–Kier alpha value is -4.57. The van der Waals surface area contributed by atoms with Crippen molar-refractivity contribution in [3.8, 4) is 22.6 Å². The Bertz CT molecular complexity index is 1550. The maximum Gasteiger partial charge on any atom is 0.407 e. The van der Waals surface area contributed by atoms with Gasteiger partial charge in [-0.2, -0.15) is 0 Å². The molecule has 3 aromatic carbocycles. The van der Waals surface area contributed by atoms with Crippen LogP contribution in [0.2, 0.25) is 0 Å². The summed E-state index contributed by atoms with van der Waals surface area (Å²) in [4.78, 5) is 42.0. The molecule has 0 saturated carbocycles. The predicted octanol–water partition coefficient (Wildman–Crippen LogP) is 4.51. The maximum atomic E-state index is 14.2. The van der Waals surface area contributed by atoms with Gasteiger partial charge in [0.25, 0.3) is 0 Å². The number of carbonyl (C=O) groups excluding carboxylic acids is 3. The predicted molar refractivity (Wildman–Crippen MR) is 162 cm³/mol. The summed E-state index contributed by atoms with van der Waals surface area (Å²) in [5, 5.41) is 2.70. The van der Waals surface area contributed by atoms with Crippen molar-refractivity contribution < 1.29 is 33.3 Å². The quantitative estimate of drug-likeness (QED) is 0.362. The highest BCUT2D eigenvalue weighted by atomic mass is 16.7. The Kier molecular flexibility index (Phi) is 7.94. The van der Waals surface area contributed by atoms with Crippen LogP contribution in [0.1, 0.15) is 55.8 Å². The van der Waals surface area contributed by atoms with Crippen LogP contribution in [-0.4, -0.2) is 61.5 Å². The lowest BCUT2D eigenvalue weighted by Crippen LogP contribution is -2.52. The van der Waals surface area contributed by atoms with Gasteiger partial charge in [0.05, 0.1) is 12.6 Å². The van der Waals surface area contributed by atoms with Gasteiger partial charge in [-0.3, -0.25) is 4.79 Å². The number of benzene rings is 3. The number of alkyl carbamates (subject to hydrolysis) is 1. The van der Waals surface area contributed by atoms with E-state index in [0.29, 0.717) is 17.9 Å². The molecular weight excluding hydrogens is 562 g/mol. The molecule has 0 bridgehead atoms. The van der Waals surface area contributed by atoms with Gasteiger partial charge in [0.2, 0.25) is 12.7 Å². The largest absolute Gasteiger partial charge is 0.464 e. The molecule has 1 fully saturated rings. The summed E-state index contributed by atoms with van der Waals surface area (Å²) in [6.45, 7) is 5.84. The van der Waals surface area contributed by atoms with Gasteiger partial charge in [-0.05, 0) is 60.2 Å². The summed E-state index contributed by atoms with van der Waals surface area (Å²) in [5.74, 6) is 0.0741. The zero-order valence-corrected chi connectivity index (χ0v) is 25.1. The molecule has 2 aliphatic heterocycles. The average molecular weight is 600 g/mol. The molecule has 44 heavy (non-hydrogen) atoms. The first-order valence-corrected chi connectivity index (χ1v) is 15.0. The Morgan fingerprint density at radius 2 is 1.66 bits per heavy atom. The summed E-state index contributed by atoms with van der Waals surface area (Å²) in [5.41, 5.74) is 10.8. The molecule has 10 nitrogen and oxygen atoms in total. The number of esters is 1. The maximum absolute atomic E-state index is 14.2. The van der Waals surface area contributed by atoms with Gasteiger partial charge < -0.3 is 34.9 Å². The molecule has 1 aliphatic carbocycles. The fraction of sp³-hybridized carbons (Fsp3) is 0.382. The Balaban J connectivity index is 1.22. The van der Waals surface area contributed by atoms with E-state index in [4.69, 9.17) is 24.7 Å². The van der Waals surface area contributed by atoms with E-state index in [2.05, 4.69) is 17.4 Å². The van der Waals surface area contributed by atoms with E-state index >= 15 is 0 Å². The lowest BCUT2D eigenvalue weighted by atomic mass is 9.78. The lowest BCUT2D eigenvalue weighted by Gasteiger charge is -2.37.